The Balaban J connectivity index is 1.93. The van der Waals surface area contributed by atoms with Gasteiger partial charge in [0.25, 0.3) is 0 Å². The minimum absolute atomic E-state index is 0.393. The molecule has 0 spiro atoms. The molecule has 0 radical (unpaired) electrons. The Bertz CT molecular complexity index is 367. The van der Waals surface area contributed by atoms with Crippen molar-refractivity contribution in [1.29, 1.82) is 0 Å². The van der Waals surface area contributed by atoms with Crippen LogP contribution in [0.25, 0.3) is 0 Å². The van der Waals surface area contributed by atoms with Crippen molar-refractivity contribution in [2.75, 3.05) is 25.0 Å². The monoisotopic (exact) mass is 239 g/mol. The van der Waals surface area contributed by atoms with Crippen molar-refractivity contribution in [2.24, 2.45) is 0 Å². The standard InChI is InChI=1S/C12H18FN3O/c1-2-14-11-6-10(7-16-12(11)13)17-8-9-4-3-5-15-9/h6-7,9,14-15H,2-5,8H2,1H3. The zero-order valence-corrected chi connectivity index (χ0v) is 10.0. The summed E-state index contributed by atoms with van der Waals surface area (Å²) in [5, 5.41) is 6.25. The number of anilines is 1. The summed E-state index contributed by atoms with van der Waals surface area (Å²) in [6.07, 6.45) is 3.75. The Hall–Kier alpha value is -1.36. The number of hydrogen-bond acceptors (Lipinski definition) is 4. The summed E-state index contributed by atoms with van der Waals surface area (Å²) in [6.45, 7) is 4.23. The molecule has 0 bridgehead atoms. The molecule has 0 aromatic carbocycles. The van der Waals surface area contributed by atoms with E-state index in [9.17, 15) is 4.39 Å². The van der Waals surface area contributed by atoms with Gasteiger partial charge < -0.3 is 15.4 Å². The summed E-state index contributed by atoms with van der Waals surface area (Å²) in [4.78, 5) is 3.67. The third kappa shape index (κ3) is 3.30. The van der Waals surface area contributed by atoms with Gasteiger partial charge in [0.05, 0.1) is 11.9 Å². The molecule has 1 aliphatic rings. The van der Waals surface area contributed by atoms with Gasteiger partial charge in [0, 0.05) is 18.7 Å². The molecule has 2 rings (SSSR count). The molecule has 1 atom stereocenters. The van der Waals surface area contributed by atoms with Crippen LogP contribution in [0.5, 0.6) is 5.75 Å². The molecule has 0 amide bonds. The highest BCUT2D eigenvalue weighted by atomic mass is 19.1. The summed E-state index contributed by atoms with van der Waals surface area (Å²) in [5.74, 6) is 0.120. The number of pyridine rings is 1. The van der Waals surface area contributed by atoms with Crippen LogP contribution in [0.1, 0.15) is 19.8 Å². The number of aromatic nitrogens is 1. The highest BCUT2D eigenvalue weighted by Crippen LogP contribution is 2.19. The van der Waals surface area contributed by atoms with Crippen molar-refractivity contribution in [3.05, 3.63) is 18.2 Å². The van der Waals surface area contributed by atoms with E-state index in [1.807, 2.05) is 6.92 Å². The molecule has 2 N–H and O–H groups in total. The van der Waals surface area contributed by atoms with E-state index in [1.54, 1.807) is 6.07 Å². The summed E-state index contributed by atoms with van der Waals surface area (Å²) in [5.41, 5.74) is 0.393. The molecule has 4 nitrogen and oxygen atoms in total. The lowest BCUT2D eigenvalue weighted by molar-refractivity contribution is 0.276. The maximum absolute atomic E-state index is 13.3. The number of rotatable bonds is 5. The van der Waals surface area contributed by atoms with E-state index in [1.165, 1.54) is 12.6 Å². The predicted molar refractivity (Wildman–Crippen MR) is 64.9 cm³/mol. The summed E-state index contributed by atoms with van der Waals surface area (Å²) in [7, 11) is 0. The van der Waals surface area contributed by atoms with Crippen molar-refractivity contribution < 1.29 is 9.13 Å². The predicted octanol–water partition coefficient (Wildman–Crippen LogP) is 1.78. The fourth-order valence-corrected chi connectivity index (χ4v) is 1.92. The van der Waals surface area contributed by atoms with Gasteiger partial charge in [-0.05, 0) is 26.3 Å². The Labute approximate surface area is 101 Å². The van der Waals surface area contributed by atoms with E-state index in [0.717, 1.165) is 13.0 Å². The number of nitrogens with one attached hydrogen (secondary N) is 2. The Kier molecular flexibility index (Phi) is 4.14. The number of hydrogen-bond donors (Lipinski definition) is 2. The maximum Gasteiger partial charge on any atom is 0.236 e. The first-order valence-corrected chi connectivity index (χ1v) is 6.05. The molecular formula is C12H18FN3O. The average Bonchev–Trinajstić information content (AvgIpc) is 2.83. The molecule has 1 unspecified atom stereocenters. The first-order chi connectivity index (χ1) is 8.29. The average molecular weight is 239 g/mol. The molecule has 1 aromatic rings. The van der Waals surface area contributed by atoms with E-state index in [2.05, 4.69) is 15.6 Å². The number of ether oxygens (including phenoxy) is 1. The second-order valence-corrected chi connectivity index (χ2v) is 4.14. The molecule has 1 aromatic heterocycles. The van der Waals surface area contributed by atoms with Gasteiger partial charge in [0.15, 0.2) is 0 Å². The van der Waals surface area contributed by atoms with Gasteiger partial charge in [0.1, 0.15) is 12.4 Å². The molecule has 0 aliphatic carbocycles. The van der Waals surface area contributed by atoms with Crippen LogP contribution in [0.2, 0.25) is 0 Å². The van der Waals surface area contributed by atoms with Gasteiger partial charge in [-0.3, -0.25) is 0 Å². The summed E-state index contributed by atoms with van der Waals surface area (Å²) >= 11 is 0. The van der Waals surface area contributed by atoms with Gasteiger partial charge in [-0.1, -0.05) is 0 Å². The van der Waals surface area contributed by atoms with Crippen molar-refractivity contribution in [2.45, 2.75) is 25.8 Å². The first kappa shape index (κ1) is 12.1. The topological polar surface area (TPSA) is 46.2 Å². The highest BCUT2D eigenvalue weighted by Gasteiger charge is 2.14. The van der Waals surface area contributed by atoms with Gasteiger partial charge >= 0.3 is 0 Å². The molecule has 1 aliphatic heterocycles. The van der Waals surface area contributed by atoms with Crippen LogP contribution in [-0.2, 0) is 0 Å². The molecule has 1 fully saturated rings. The Morgan fingerprint density at radius 2 is 2.53 bits per heavy atom. The minimum atomic E-state index is -0.488. The minimum Gasteiger partial charge on any atom is -0.490 e. The van der Waals surface area contributed by atoms with Crippen molar-refractivity contribution >= 4 is 5.69 Å². The van der Waals surface area contributed by atoms with E-state index >= 15 is 0 Å². The van der Waals surface area contributed by atoms with E-state index in [-0.39, 0.29) is 0 Å². The lowest BCUT2D eigenvalue weighted by Gasteiger charge is -2.13. The van der Waals surface area contributed by atoms with Crippen LogP contribution < -0.4 is 15.4 Å². The maximum atomic E-state index is 13.3. The fraction of sp³-hybridized carbons (Fsp3) is 0.583. The third-order valence-electron chi connectivity index (χ3n) is 2.79. The van der Waals surface area contributed by atoms with Gasteiger partial charge in [-0.25, -0.2) is 4.98 Å². The number of halogens is 1. The molecule has 1 saturated heterocycles. The van der Waals surface area contributed by atoms with E-state index < -0.39 is 5.95 Å². The van der Waals surface area contributed by atoms with Gasteiger partial charge in [0.2, 0.25) is 5.95 Å². The second-order valence-electron chi connectivity index (χ2n) is 4.14. The quantitative estimate of drug-likeness (QED) is 0.769. The lowest BCUT2D eigenvalue weighted by Crippen LogP contribution is -2.28. The van der Waals surface area contributed by atoms with Crippen LogP contribution in [0.3, 0.4) is 0 Å². The number of nitrogens with zero attached hydrogens (tertiary/aromatic N) is 1. The lowest BCUT2D eigenvalue weighted by atomic mass is 10.2. The van der Waals surface area contributed by atoms with Crippen molar-refractivity contribution in [3.8, 4) is 5.75 Å². The zero-order valence-electron chi connectivity index (χ0n) is 10.0. The summed E-state index contributed by atoms with van der Waals surface area (Å²) < 4.78 is 18.9. The fourth-order valence-electron chi connectivity index (χ4n) is 1.92. The van der Waals surface area contributed by atoms with Gasteiger partial charge in [-0.2, -0.15) is 4.39 Å². The Morgan fingerprint density at radius 1 is 1.65 bits per heavy atom. The first-order valence-electron chi connectivity index (χ1n) is 6.05. The molecule has 17 heavy (non-hydrogen) atoms. The third-order valence-corrected chi connectivity index (χ3v) is 2.79. The molecule has 5 heteroatoms. The van der Waals surface area contributed by atoms with E-state index in [0.29, 0.717) is 30.6 Å². The smallest absolute Gasteiger partial charge is 0.236 e. The Morgan fingerprint density at radius 3 is 3.24 bits per heavy atom. The second kappa shape index (κ2) is 5.82. The largest absolute Gasteiger partial charge is 0.490 e. The molecule has 94 valence electrons. The molecule has 0 saturated carbocycles. The van der Waals surface area contributed by atoms with Gasteiger partial charge in [-0.15, -0.1) is 0 Å². The van der Waals surface area contributed by atoms with Crippen molar-refractivity contribution in [1.82, 2.24) is 10.3 Å². The van der Waals surface area contributed by atoms with Crippen LogP contribution >= 0.6 is 0 Å². The zero-order chi connectivity index (χ0) is 12.1. The summed E-state index contributed by atoms with van der Waals surface area (Å²) in [6, 6.07) is 2.06. The van der Waals surface area contributed by atoms with Crippen LogP contribution in [0.4, 0.5) is 10.1 Å². The van der Waals surface area contributed by atoms with Crippen LogP contribution in [0.15, 0.2) is 12.3 Å². The van der Waals surface area contributed by atoms with Crippen LogP contribution in [-0.4, -0.2) is 30.7 Å². The molecule has 2 heterocycles. The van der Waals surface area contributed by atoms with E-state index in [4.69, 9.17) is 4.74 Å². The highest BCUT2D eigenvalue weighted by molar-refractivity contribution is 5.46. The SMILES string of the molecule is CCNc1cc(OCC2CCCN2)cnc1F. The normalized spacial score (nSPS) is 19.3. The van der Waals surface area contributed by atoms with Crippen LogP contribution in [0, 0.1) is 5.95 Å². The van der Waals surface area contributed by atoms with Crippen molar-refractivity contribution in [3.63, 3.8) is 0 Å². The molecular weight excluding hydrogens is 221 g/mol.